The topological polar surface area (TPSA) is 18.5 Å². The molecule has 3 aliphatic rings. The fourth-order valence-corrected chi connectivity index (χ4v) is 3.69. The van der Waals surface area contributed by atoms with Crippen LogP contribution < -0.4 is 0 Å². The highest BCUT2D eigenvalue weighted by molar-refractivity contribution is 5.12. The number of ether oxygens (including phenoxy) is 2. The van der Waals surface area contributed by atoms with Crippen molar-refractivity contribution in [3.05, 3.63) is 24.3 Å². The molecule has 2 fully saturated rings. The maximum Gasteiger partial charge on any atom is 0.167 e. The van der Waals surface area contributed by atoms with Crippen LogP contribution in [0.3, 0.4) is 0 Å². The zero-order valence-electron chi connectivity index (χ0n) is 12.4. The third-order valence-electron chi connectivity index (χ3n) is 4.94. The molecule has 1 unspecified atom stereocenters. The van der Waals surface area contributed by atoms with Crippen molar-refractivity contribution in [3.63, 3.8) is 0 Å². The van der Waals surface area contributed by atoms with Gasteiger partial charge >= 0.3 is 0 Å². The summed E-state index contributed by atoms with van der Waals surface area (Å²) in [5, 5.41) is 0. The van der Waals surface area contributed by atoms with Crippen LogP contribution in [-0.2, 0) is 9.47 Å². The largest absolute Gasteiger partial charge is 0.353 e. The molecule has 0 aromatic heterocycles. The van der Waals surface area contributed by atoms with E-state index in [0.29, 0.717) is 0 Å². The Morgan fingerprint density at radius 2 is 1.53 bits per heavy atom. The Kier molecular flexibility index (Phi) is 5.65. The van der Waals surface area contributed by atoms with Crippen LogP contribution >= 0.6 is 0 Å². The highest BCUT2D eigenvalue weighted by Crippen LogP contribution is 2.45. The Morgan fingerprint density at radius 1 is 0.895 bits per heavy atom. The summed E-state index contributed by atoms with van der Waals surface area (Å²) in [7, 11) is 3.56. The van der Waals surface area contributed by atoms with Gasteiger partial charge in [0.2, 0.25) is 0 Å². The molecule has 2 nitrogen and oxygen atoms in total. The number of methoxy groups -OCH3 is 2. The summed E-state index contributed by atoms with van der Waals surface area (Å²) < 4.78 is 11.0. The van der Waals surface area contributed by atoms with Gasteiger partial charge < -0.3 is 9.47 Å². The molecule has 0 radical (unpaired) electrons. The first-order chi connectivity index (χ1) is 9.29. The number of allylic oxidation sites excluding steroid dienone is 4. The molecular weight excluding hydrogens is 236 g/mol. The summed E-state index contributed by atoms with van der Waals surface area (Å²) in [5.74, 6) is 1.58. The van der Waals surface area contributed by atoms with Gasteiger partial charge in [-0.05, 0) is 24.7 Å². The summed E-state index contributed by atoms with van der Waals surface area (Å²) in [6.45, 7) is 0. The van der Waals surface area contributed by atoms with E-state index in [-0.39, 0.29) is 5.79 Å². The van der Waals surface area contributed by atoms with Crippen LogP contribution in [0.2, 0.25) is 0 Å². The summed E-state index contributed by atoms with van der Waals surface area (Å²) in [5.41, 5.74) is 0. The molecule has 19 heavy (non-hydrogen) atoms. The van der Waals surface area contributed by atoms with Gasteiger partial charge in [-0.25, -0.2) is 0 Å². The fraction of sp³-hybridized carbons (Fsp3) is 0.765. The Morgan fingerprint density at radius 3 is 1.95 bits per heavy atom. The second-order valence-electron chi connectivity index (χ2n) is 5.96. The van der Waals surface area contributed by atoms with Crippen molar-refractivity contribution in [2.24, 2.45) is 11.8 Å². The van der Waals surface area contributed by atoms with Gasteiger partial charge in [-0.15, -0.1) is 0 Å². The lowest BCUT2D eigenvalue weighted by molar-refractivity contribution is -0.203. The SMILES string of the molecule is C1=CCC=C1.COC1(OC)CCC(C2CCCC2)C1. The third kappa shape index (κ3) is 3.93. The van der Waals surface area contributed by atoms with Crippen molar-refractivity contribution >= 4 is 0 Å². The molecule has 0 amide bonds. The molecule has 1 atom stereocenters. The molecule has 0 saturated heterocycles. The molecule has 0 aliphatic heterocycles. The highest BCUT2D eigenvalue weighted by Gasteiger charge is 2.42. The molecule has 0 heterocycles. The maximum absolute atomic E-state index is 5.52. The lowest BCUT2D eigenvalue weighted by Crippen LogP contribution is -2.30. The standard InChI is InChI=1S/C12H22O2.C5H6/c1-13-12(14-2)8-7-11(9-12)10-5-3-4-6-10;1-2-4-5-3-1/h10-11H,3-9H2,1-2H3;1-4H,5H2. The van der Waals surface area contributed by atoms with E-state index in [1.54, 1.807) is 14.2 Å². The van der Waals surface area contributed by atoms with E-state index in [0.717, 1.165) is 31.1 Å². The minimum atomic E-state index is -0.243. The molecular formula is C17H28O2. The summed E-state index contributed by atoms with van der Waals surface area (Å²) in [4.78, 5) is 0. The molecule has 2 saturated carbocycles. The number of hydrogen-bond donors (Lipinski definition) is 0. The lowest BCUT2D eigenvalue weighted by atomic mass is 9.89. The molecule has 2 heteroatoms. The average Bonchev–Trinajstić information content (AvgIpc) is 3.19. The van der Waals surface area contributed by atoms with Crippen LogP contribution in [0.1, 0.15) is 51.4 Å². The van der Waals surface area contributed by atoms with Gasteiger partial charge in [-0.1, -0.05) is 50.0 Å². The van der Waals surface area contributed by atoms with Crippen LogP contribution in [-0.4, -0.2) is 20.0 Å². The number of hydrogen-bond acceptors (Lipinski definition) is 2. The van der Waals surface area contributed by atoms with Crippen molar-refractivity contribution in [2.75, 3.05) is 14.2 Å². The number of rotatable bonds is 3. The first kappa shape index (κ1) is 14.8. The van der Waals surface area contributed by atoms with Crippen molar-refractivity contribution in [1.29, 1.82) is 0 Å². The molecule has 0 aromatic rings. The van der Waals surface area contributed by atoms with Crippen LogP contribution in [0.4, 0.5) is 0 Å². The van der Waals surface area contributed by atoms with Crippen LogP contribution in [0.5, 0.6) is 0 Å². The Hall–Kier alpha value is -0.600. The van der Waals surface area contributed by atoms with E-state index >= 15 is 0 Å². The minimum Gasteiger partial charge on any atom is -0.353 e. The second-order valence-corrected chi connectivity index (χ2v) is 5.96. The Balaban J connectivity index is 0.000000224. The van der Waals surface area contributed by atoms with Gasteiger partial charge in [-0.2, -0.15) is 0 Å². The van der Waals surface area contributed by atoms with Crippen LogP contribution in [0, 0.1) is 11.8 Å². The summed E-state index contributed by atoms with van der Waals surface area (Å²) in [6.07, 6.45) is 18.8. The molecule has 3 rings (SSSR count). The van der Waals surface area contributed by atoms with Gasteiger partial charge in [0.05, 0.1) is 0 Å². The predicted octanol–water partition coefficient (Wildman–Crippen LogP) is 4.47. The molecule has 3 aliphatic carbocycles. The van der Waals surface area contributed by atoms with Gasteiger partial charge in [0.25, 0.3) is 0 Å². The van der Waals surface area contributed by atoms with E-state index in [9.17, 15) is 0 Å². The molecule has 0 bridgehead atoms. The monoisotopic (exact) mass is 264 g/mol. The average molecular weight is 264 g/mol. The van der Waals surface area contributed by atoms with Crippen LogP contribution in [0.15, 0.2) is 24.3 Å². The molecule has 0 aromatic carbocycles. The summed E-state index contributed by atoms with van der Waals surface area (Å²) >= 11 is 0. The van der Waals surface area contributed by atoms with E-state index < -0.39 is 0 Å². The first-order valence-electron chi connectivity index (χ1n) is 7.71. The zero-order chi connectivity index (χ0) is 13.6. The van der Waals surface area contributed by atoms with Crippen LogP contribution in [0.25, 0.3) is 0 Å². The van der Waals surface area contributed by atoms with Gasteiger partial charge in [0, 0.05) is 27.1 Å². The van der Waals surface area contributed by atoms with Crippen molar-refractivity contribution < 1.29 is 9.47 Å². The van der Waals surface area contributed by atoms with Crippen molar-refractivity contribution in [2.45, 2.75) is 57.2 Å². The summed E-state index contributed by atoms with van der Waals surface area (Å²) in [6, 6.07) is 0. The quantitative estimate of drug-likeness (QED) is 0.700. The van der Waals surface area contributed by atoms with E-state index in [1.165, 1.54) is 32.1 Å². The van der Waals surface area contributed by atoms with Gasteiger partial charge in [0.1, 0.15) is 0 Å². The second kappa shape index (κ2) is 7.25. The third-order valence-corrected chi connectivity index (χ3v) is 4.94. The Bertz CT molecular complexity index is 299. The molecule has 108 valence electrons. The van der Waals surface area contributed by atoms with Gasteiger partial charge in [0.15, 0.2) is 5.79 Å². The predicted molar refractivity (Wildman–Crippen MR) is 78.9 cm³/mol. The minimum absolute atomic E-state index is 0.243. The lowest BCUT2D eigenvalue weighted by Gasteiger charge is -2.27. The zero-order valence-corrected chi connectivity index (χ0v) is 12.4. The highest BCUT2D eigenvalue weighted by atomic mass is 16.7. The van der Waals surface area contributed by atoms with E-state index in [1.807, 2.05) is 0 Å². The van der Waals surface area contributed by atoms with E-state index in [4.69, 9.17) is 9.47 Å². The van der Waals surface area contributed by atoms with Gasteiger partial charge in [-0.3, -0.25) is 0 Å². The normalized spacial score (nSPS) is 28.6. The fourth-order valence-electron chi connectivity index (χ4n) is 3.69. The maximum atomic E-state index is 5.52. The first-order valence-corrected chi connectivity index (χ1v) is 7.71. The van der Waals surface area contributed by atoms with Crippen molar-refractivity contribution in [3.8, 4) is 0 Å². The molecule has 0 N–H and O–H groups in total. The van der Waals surface area contributed by atoms with Crippen molar-refractivity contribution in [1.82, 2.24) is 0 Å². The molecule has 0 spiro atoms. The van der Waals surface area contributed by atoms with E-state index in [2.05, 4.69) is 24.3 Å². The Labute approximate surface area is 117 Å². The smallest absolute Gasteiger partial charge is 0.167 e.